The maximum Gasteiger partial charge on any atom is 0.238 e. The second-order valence-corrected chi connectivity index (χ2v) is 6.57. The minimum Gasteiger partial charge on any atom is -0.332 e. The zero-order valence-corrected chi connectivity index (χ0v) is 13.1. The molecule has 4 N–H and O–H groups in total. The number of halogens is 1. The quantitative estimate of drug-likeness (QED) is 0.747. The first-order valence-corrected chi connectivity index (χ1v) is 8.14. The average Bonchev–Trinajstić information content (AvgIpc) is 2.37. The second kappa shape index (κ2) is 6.40. The SMILES string of the molecule is NS(=O)(=O)c1cccc(NC(=S)Nc2cccc(Cl)c2)c1. The summed E-state index contributed by atoms with van der Waals surface area (Å²) in [6.07, 6.45) is 0. The third kappa shape index (κ3) is 4.68. The predicted molar refractivity (Wildman–Crippen MR) is 89.1 cm³/mol. The molecule has 0 atom stereocenters. The van der Waals surface area contributed by atoms with E-state index in [1.165, 1.54) is 12.1 Å². The molecule has 0 amide bonds. The van der Waals surface area contributed by atoms with Gasteiger partial charge in [0.25, 0.3) is 0 Å². The molecule has 0 bridgehead atoms. The van der Waals surface area contributed by atoms with Gasteiger partial charge in [-0.05, 0) is 48.6 Å². The maximum atomic E-state index is 11.3. The third-order valence-corrected chi connectivity index (χ3v) is 3.85. The lowest BCUT2D eigenvalue weighted by atomic mass is 10.3. The Hall–Kier alpha value is -1.67. The Morgan fingerprint density at radius 2 is 1.62 bits per heavy atom. The summed E-state index contributed by atoms with van der Waals surface area (Å²) in [5.74, 6) is 0. The largest absolute Gasteiger partial charge is 0.332 e. The number of benzene rings is 2. The Balaban J connectivity index is 2.10. The van der Waals surface area contributed by atoms with Crippen LogP contribution >= 0.6 is 23.8 Å². The van der Waals surface area contributed by atoms with Gasteiger partial charge >= 0.3 is 0 Å². The summed E-state index contributed by atoms with van der Waals surface area (Å²) < 4.78 is 22.6. The molecule has 2 aromatic rings. The smallest absolute Gasteiger partial charge is 0.238 e. The van der Waals surface area contributed by atoms with Crippen LogP contribution in [0.25, 0.3) is 0 Å². The Morgan fingerprint density at radius 1 is 1.05 bits per heavy atom. The van der Waals surface area contributed by atoms with Gasteiger partial charge in [0, 0.05) is 16.4 Å². The number of sulfonamides is 1. The number of thiocarbonyl (C=S) groups is 1. The molecular weight excluding hydrogens is 330 g/mol. The van der Waals surface area contributed by atoms with Crippen molar-refractivity contribution in [3.8, 4) is 0 Å². The van der Waals surface area contributed by atoms with Crippen LogP contribution in [0.1, 0.15) is 0 Å². The first-order chi connectivity index (χ1) is 9.84. The number of primary sulfonamides is 1. The van der Waals surface area contributed by atoms with Gasteiger partial charge in [-0.2, -0.15) is 0 Å². The van der Waals surface area contributed by atoms with Crippen LogP contribution in [0, 0.1) is 0 Å². The molecule has 5 nitrogen and oxygen atoms in total. The lowest BCUT2D eigenvalue weighted by Gasteiger charge is -2.11. The third-order valence-electron chi connectivity index (χ3n) is 2.50. The van der Waals surface area contributed by atoms with Gasteiger partial charge in [0.05, 0.1) is 4.90 Å². The highest BCUT2D eigenvalue weighted by Gasteiger charge is 2.08. The maximum absolute atomic E-state index is 11.3. The molecule has 2 rings (SSSR count). The van der Waals surface area contributed by atoms with Gasteiger partial charge in [0.2, 0.25) is 10.0 Å². The minimum atomic E-state index is -3.75. The van der Waals surface area contributed by atoms with Crippen molar-refractivity contribution in [2.45, 2.75) is 4.90 Å². The highest BCUT2D eigenvalue weighted by molar-refractivity contribution is 7.89. The first kappa shape index (κ1) is 15.7. The van der Waals surface area contributed by atoms with Crippen LogP contribution in [0.3, 0.4) is 0 Å². The molecule has 0 spiro atoms. The van der Waals surface area contributed by atoms with E-state index in [0.29, 0.717) is 15.8 Å². The molecule has 0 saturated heterocycles. The lowest BCUT2D eigenvalue weighted by Crippen LogP contribution is -2.19. The number of nitrogens with one attached hydrogen (secondary N) is 2. The molecule has 8 heteroatoms. The topological polar surface area (TPSA) is 84.2 Å². The van der Waals surface area contributed by atoms with Crippen molar-refractivity contribution in [2.75, 3.05) is 10.6 Å². The van der Waals surface area contributed by atoms with Gasteiger partial charge in [-0.15, -0.1) is 0 Å². The van der Waals surface area contributed by atoms with Crippen molar-refractivity contribution >= 4 is 50.3 Å². The van der Waals surface area contributed by atoms with Gasteiger partial charge in [0.1, 0.15) is 0 Å². The van der Waals surface area contributed by atoms with Crippen LogP contribution in [0.5, 0.6) is 0 Å². The highest BCUT2D eigenvalue weighted by atomic mass is 35.5. The molecule has 0 saturated carbocycles. The van der Waals surface area contributed by atoms with Crippen LogP contribution in [0.4, 0.5) is 11.4 Å². The summed E-state index contributed by atoms with van der Waals surface area (Å²) in [5, 5.41) is 11.8. The normalized spacial score (nSPS) is 11.0. The van der Waals surface area contributed by atoms with Crippen LogP contribution in [0.15, 0.2) is 53.4 Å². The Morgan fingerprint density at radius 3 is 2.19 bits per heavy atom. The van der Waals surface area contributed by atoms with E-state index < -0.39 is 10.0 Å². The van der Waals surface area contributed by atoms with Crippen molar-refractivity contribution in [3.63, 3.8) is 0 Å². The molecule has 0 radical (unpaired) electrons. The number of hydrogen-bond acceptors (Lipinski definition) is 3. The fourth-order valence-electron chi connectivity index (χ4n) is 1.61. The van der Waals surface area contributed by atoms with Crippen LogP contribution in [-0.2, 0) is 10.0 Å². The molecule has 0 aliphatic heterocycles. The van der Waals surface area contributed by atoms with Crippen LogP contribution in [-0.4, -0.2) is 13.5 Å². The molecule has 0 aromatic heterocycles. The molecule has 0 unspecified atom stereocenters. The van der Waals surface area contributed by atoms with Crippen molar-refractivity contribution in [1.29, 1.82) is 0 Å². The molecule has 0 fully saturated rings. The summed E-state index contributed by atoms with van der Waals surface area (Å²) in [6.45, 7) is 0. The molecule has 21 heavy (non-hydrogen) atoms. The molecule has 0 aliphatic carbocycles. The van der Waals surface area contributed by atoms with E-state index in [1.54, 1.807) is 36.4 Å². The Bertz CT molecular complexity index is 778. The van der Waals surface area contributed by atoms with Crippen LogP contribution < -0.4 is 15.8 Å². The summed E-state index contributed by atoms with van der Waals surface area (Å²) >= 11 is 11.0. The van der Waals surface area contributed by atoms with E-state index in [0.717, 1.165) is 5.69 Å². The standard InChI is InChI=1S/C13H12ClN3O2S2/c14-9-3-1-4-10(7-9)16-13(20)17-11-5-2-6-12(8-11)21(15,18)19/h1-8H,(H2,15,18,19)(H2,16,17,20). The monoisotopic (exact) mass is 341 g/mol. The molecule has 2 aromatic carbocycles. The number of hydrogen-bond donors (Lipinski definition) is 3. The molecular formula is C13H12ClN3O2S2. The molecule has 0 heterocycles. The van der Waals surface area contributed by atoms with E-state index in [4.69, 9.17) is 29.0 Å². The van der Waals surface area contributed by atoms with Crippen molar-refractivity contribution in [2.24, 2.45) is 5.14 Å². The fourth-order valence-corrected chi connectivity index (χ4v) is 2.60. The van der Waals surface area contributed by atoms with E-state index >= 15 is 0 Å². The van der Waals surface area contributed by atoms with E-state index in [1.807, 2.05) is 0 Å². The summed E-state index contributed by atoms with van der Waals surface area (Å²) in [7, 11) is -3.75. The van der Waals surface area contributed by atoms with E-state index in [2.05, 4.69) is 10.6 Å². The molecule has 0 aliphatic rings. The van der Waals surface area contributed by atoms with Gasteiger partial charge in [-0.1, -0.05) is 23.7 Å². The Labute approximate surface area is 133 Å². The predicted octanol–water partition coefficient (Wildman–Crippen LogP) is 2.80. The number of rotatable bonds is 3. The molecule has 110 valence electrons. The zero-order valence-electron chi connectivity index (χ0n) is 10.7. The summed E-state index contributed by atoms with van der Waals surface area (Å²) in [4.78, 5) is 0.0121. The summed E-state index contributed by atoms with van der Waals surface area (Å²) in [6, 6.07) is 13.1. The van der Waals surface area contributed by atoms with Crippen LogP contribution in [0.2, 0.25) is 5.02 Å². The van der Waals surface area contributed by atoms with Gasteiger partial charge in [-0.25, -0.2) is 13.6 Å². The van der Waals surface area contributed by atoms with E-state index in [9.17, 15) is 8.42 Å². The van der Waals surface area contributed by atoms with Crippen molar-refractivity contribution in [3.05, 3.63) is 53.6 Å². The Kier molecular flexibility index (Phi) is 4.79. The van der Waals surface area contributed by atoms with Gasteiger partial charge in [0.15, 0.2) is 5.11 Å². The van der Waals surface area contributed by atoms with Gasteiger partial charge < -0.3 is 10.6 Å². The lowest BCUT2D eigenvalue weighted by molar-refractivity contribution is 0.598. The van der Waals surface area contributed by atoms with Gasteiger partial charge in [-0.3, -0.25) is 0 Å². The number of nitrogens with two attached hydrogens (primary N) is 1. The minimum absolute atomic E-state index is 0.0121. The van der Waals surface area contributed by atoms with Crippen molar-refractivity contribution in [1.82, 2.24) is 0 Å². The van der Waals surface area contributed by atoms with E-state index in [-0.39, 0.29) is 4.90 Å². The summed E-state index contributed by atoms with van der Waals surface area (Å²) in [5.41, 5.74) is 1.24. The second-order valence-electron chi connectivity index (χ2n) is 4.16. The number of anilines is 2. The fraction of sp³-hybridized carbons (Fsp3) is 0. The zero-order chi connectivity index (χ0) is 15.5. The first-order valence-electron chi connectivity index (χ1n) is 5.81. The highest BCUT2D eigenvalue weighted by Crippen LogP contribution is 2.17. The van der Waals surface area contributed by atoms with Crippen molar-refractivity contribution < 1.29 is 8.42 Å². The average molecular weight is 342 g/mol.